The van der Waals surface area contributed by atoms with Gasteiger partial charge in [0.05, 0.1) is 5.92 Å². The minimum atomic E-state index is 0.00115. The van der Waals surface area contributed by atoms with E-state index in [0.29, 0.717) is 24.7 Å². The van der Waals surface area contributed by atoms with Gasteiger partial charge in [0.15, 0.2) is 0 Å². The van der Waals surface area contributed by atoms with Gasteiger partial charge in [-0.2, -0.15) is 4.98 Å². The first-order valence-corrected chi connectivity index (χ1v) is 6.77. The molecule has 0 N–H and O–H groups in total. The third kappa shape index (κ3) is 2.28. The fourth-order valence-electron chi connectivity index (χ4n) is 2.18. The van der Waals surface area contributed by atoms with Gasteiger partial charge in [-0.25, -0.2) is 0 Å². The quantitative estimate of drug-likeness (QED) is 0.852. The number of rotatable bonds is 2. The summed E-state index contributed by atoms with van der Waals surface area (Å²) in [4.78, 5) is 17.6. The first-order valence-electron chi connectivity index (χ1n) is 5.97. The first-order chi connectivity index (χ1) is 9.15. The zero-order valence-electron chi connectivity index (χ0n) is 10.3. The van der Waals surface area contributed by atoms with Gasteiger partial charge in [-0.3, -0.25) is 4.79 Å². The van der Waals surface area contributed by atoms with Crippen LogP contribution in [0.3, 0.4) is 0 Å². The van der Waals surface area contributed by atoms with Crippen LogP contribution in [0.15, 0.2) is 33.3 Å². The number of likely N-dealkylation sites (tertiary alicyclic amines) is 1. The Hall–Kier alpha value is -1.69. The molecule has 98 valence electrons. The van der Waals surface area contributed by atoms with Gasteiger partial charge in [-0.15, -0.1) is 0 Å². The van der Waals surface area contributed by atoms with E-state index >= 15 is 0 Å². The lowest BCUT2D eigenvalue weighted by atomic mass is 10.1. The smallest absolute Gasteiger partial charge is 0.232 e. The van der Waals surface area contributed by atoms with Crippen molar-refractivity contribution in [3.8, 4) is 11.4 Å². The second kappa shape index (κ2) is 4.77. The van der Waals surface area contributed by atoms with Crippen LogP contribution in [0, 0.1) is 0 Å². The maximum Gasteiger partial charge on any atom is 0.232 e. The second-order valence-corrected chi connectivity index (χ2v) is 5.47. The number of carbonyl (C=O) groups excluding carboxylic acids is 1. The Morgan fingerprint density at radius 3 is 2.89 bits per heavy atom. The Bertz CT molecular complexity index is 626. The van der Waals surface area contributed by atoms with Crippen LogP contribution in [0.1, 0.15) is 18.2 Å². The average Bonchev–Trinajstić information content (AvgIpc) is 2.98. The summed E-state index contributed by atoms with van der Waals surface area (Å²) in [6, 6.07) is 7.70. The molecule has 2 aromatic rings. The number of carbonyl (C=O) groups is 1. The molecular weight excluding hydrogens is 310 g/mol. The predicted octanol–water partition coefficient (Wildman–Crippen LogP) is 2.44. The molecule has 19 heavy (non-hydrogen) atoms. The lowest BCUT2D eigenvalue weighted by Crippen LogP contribution is -2.18. The molecule has 1 unspecified atom stereocenters. The van der Waals surface area contributed by atoms with Crippen LogP contribution in [0.25, 0.3) is 11.4 Å². The van der Waals surface area contributed by atoms with Crippen molar-refractivity contribution in [2.75, 3.05) is 13.6 Å². The van der Waals surface area contributed by atoms with Crippen LogP contribution in [-0.2, 0) is 4.79 Å². The molecule has 1 amide bonds. The predicted molar refractivity (Wildman–Crippen MR) is 72.4 cm³/mol. The van der Waals surface area contributed by atoms with Crippen LogP contribution in [-0.4, -0.2) is 34.5 Å². The molecule has 1 aromatic carbocycles. The molecule has 5 nitrogen and oxygen atoms in total. The molecule has 1 atom stereocenters. The number of amides is 1. The SMILES string of the molecule is CN1CC(c2nc(-c3ccccc3Br)no2)CC1=O. The van der Waals surface area contributed by atoms with Crippen molar-refractivity contribution in [1.29, 1.82) is 0 Å². The summed E-state index contributed by atoms with van der Waals surface area (Å²) in [6.07, 6.45) is 0.439. The van der Waals surface area contributed by atoms with Crippen LogP contribution in [0.5, 0.6) is 0 Å². The summed E-state index contributed by atoms with van der Waals surface area (Å²) in [6.45, 7) is 0.635. The Balaban J connectivity index is 1.88. The van der Waals surface area contributed by atoms with E-state index in [1.54, 1.807) is 11.9 Å². The molecule has 1 aromatic heterocycles. The van der Waals surface area contributed by atoms with Crippen LogP contribution in [0.2, 0.25) is 0 Å². The lowest BCUT2D eigenvalue weighted by molar-refractivity contribution is -0.126. The molecule has 1 aliphatic heterocycles. The van der Waals surface area contributed by atoms with Gasteiger partial charge in [-0.05, 0) is 12.1 Å². The molecular formula is C13H12BrN3O2. The second-order valence-electron chi connectivity index (χ2n) is 4.61. The summed E-state index contributed by atoms with van der Waals surface area (Å²) in [5.41, 5.74) is 0.884. The van der Waals surface area contributed by atoms with Crippen molar-refractivity contribution in [3.63, 3.8) is 0 Å². The number of hydrogen-bond acceptors (Lipinski definition) is 4. The fraction of sp³-hybridized carbons (Fsp3) is 0.308. The van der Waals surface area contributed by atoms with E-state index in [1.165, 1.54) is 0 Å². The summed E-state index contributed by atoms with van der Waals surface area (Å²) in [7, 11) is 1.79. The highest BCUT2D eigenvalue weighted by Gasteiger charge is 2.32. The third-order valence-corrected chi connectivity index (χ3v) is 3.94. The lowest BCUT2D eigenvalue weighted by Gasteiger charge is -2.06. The minimum Gasteiger partial charge on any atom is -0.345 e. The number of nitrogens with zero attached hydrogens (tertiary/aromatic N) is 3. The Morgan fingerprint density at radius 2 is 2.21 bits per heavy atom. The average molecular weight is 322 g/mol. The molecule has 0 radical (unpaired) electrons. The summed E-state index contributed by atoms with van der Waals surface area (Å²) in [5, 5.41) is 4.00. The fourth-order valence-corrected chi connectivity index (χ4v) is 2.64. The van der Waals surface area contributed by atoms with Gasteiger partial charge in [-0.1, -0.05) is 33.2 Å². The highest BCUT2D eigenvalue weighted by Crippen LogP contribution is 2.30. The molecule has 2 heterocycles. The van der Waals surface area contributed by atoms with Crippen LogP contribution in [0.4, 0.5) is 0 Å². The van der Waals surface area contributed by atoms with E-state index in [4.69, 9.17) is 4.52 Å². The molecule has 3 rings (SSSR count). The molecule has 6 heteroatoms. The molecule has 1 aliphatic rings. The monoisotopic (exact) mass is 321 g/mol. The standard InChI is InChI=1S/C13H12BrN3O2/c1-17-7-8(6-11(17)18)13-15-12(16-19-13)9-4-2-3-5-10(9)14/h2-5,8H,6-7H2,1H3. The molecule has 1 saturated heterocycles. The van der Waals surface area contributed by atoms with E-state index in [-0.39, 0.29) is 11.8 Å². The molecule has 0 saturated carbocycles. The largest absolute Gasteiger partial charge is 0.345 e. The molecule has 0 spiro atoms. The summed E-state index contributed by atoms with van der Waals surface area (Å²) < 4.78 is 6.21. The maximum absolute atomic E-state index is 11.5. The minimum absolute atomic E-state index is 0.00115. The normalized spacial score (nSPS) is 19.2. The highest BCUT2D eigenvalue weighted by atomic mass is 79.9. The number of aromatic nitrogens is 2. The van der Waals surface area contributed by atoms with Crippen molar-refractivity contribution in [1.82, 2.24) is 15.0 Å². The molecule has 0 bridgehead atoms. The number of likely N-dealkylation sites (N-methyl/N-ethyl adjacent to an activating group) is 1. The van der Waals surface area contributed by atoms with Crippen LogP contribution < -0.4 is 0 Å². The summed E-state index contributed by atoms with van der Waals surface area (Å²) in [5.74, 6) is 1.19. The Morgan fingerprint density at radius 1 is 1.42 bits per heavy atom. The van der Waals surface area contributed by atoms with E-state index in [2.05, 4.69) is 26.1 Å². The van der Waals surface area contributed by atoms with Crippen molar-refractivity contribution in [2.45, 2.75) is 12.3 Å². The van der Waals surface area contributed by atoms with Gasteiger partial charge in [0, 0.05) is 30.0 Å². The van der Waals surface area contributed by atoms with E-state index in [0.717, 1.165) is 10.0 Å². The van der Waals surface area contributed by atoms with Crippen molar-refractivity contribution < 1.29 is 9.32 Å². The van der Waals surface area contributed by atoms with Gasteiger partial charge < -0.3 is 9.42 Å². The van der Waals surface area contributed by atoms with Gasteiger partial charge in [0.25, 0.3) is 0 Å². The zero-order valence-corrected chi connectivity index (χ0v) is 11.9. The highest BCUT2D eigenvalue weighted by molar-refractivity contribution is 9.10. The summed E-state index contributed by atoms with van der Waals surface area (Å²) >= 11 is 3.46. The van der Waals surface area contributed by atoms with E-state index in [9.17, 15) is 4.79 Å². The molecule has 0 aliphatic carbocycles. The van der Waals surface area contributed by atoms with Crippen LogP contribution >= 0.6 is 15.9 Å². The van der Waals surface area contributed by atoms with Gasteiger partial charge in [0.2, 0.25) is 17.6 Å². The van der Waals surface area contributed by atoms with Crippen molar-refractivity contribution >= 4 is 21.8 Å². The maximum atomic E-state index is 11.5. The third-order valence-electron chi connectivity index (χ3n) is 3.25. The van der Waals surface area contributed by atoms with Gasteiger partial charge >= 0.3 is 0 Å². The topological polar surface area (TPSA) is 59.2 Å². The Kier molecular flexibility index (Phi) is 3.10. The van der Waals surface area contributed by atoms with E-state index in [1.807, 2.05) is 24.3 Å². The van der Waals surface area contributed by atoms with Crippen molar-refractivity contribution in [3.05, 3.63) is 34.6 Å². The Labute approximate surface area is 118 Å². The number of benzene rings is 1. The van der Waals surface area contributed by atoms with Crippen molar-refractivity contribution in [2.24, 2.45) is 0 Å². The number of halogens is 1. The molecule has 1 fully saturated rings. The van der Waals surface area contributed by atoms with E-state index < -0.39 is 0 Å². The zero-order chi connectivity index (χ0) is 13.4. The first kappa shape index (κ1) is 12.3. The van der Waals surface area contributed by atoms with Gasteiger partial charge in [0.1, 0.15) is 0 Å². The number of hydrogen-bond donors (Lipinski definition) is 0.